The first-order chi connectivity index (χ1) is 9.19. The predicted octanol–water partition coefficient (Wildman–Crippen LogP) is 4.75. The van der Waals surface area contributed by atoms with E-state index in [0.717, 1.165) is 30.4 Å². The zero-order valence-corrected chi connectivity index (χ0v) is 12.0. The van der Waals surface area contributed by atoms with Crippen molar-refractivity contribution in [1.29, 1.82) is 0 Å². The number of aryl methyl sites for hydroxylation is 3. The normalized spacial score (nSPS) is 10.7. The first kappa shape index (κ1) is 13.7. The summed E-state index contributed by atoms with van der Waals surface area (Å²) < 4.78 is 0. The smallest absolute Gasteiger partial charge is 0.123 e. The van der Waals surface area contributed by atoms with Crippen molar-refractivity contribution in [1.82, 2.24) is 0 Å². The Balaban J connectivity index is 2.48. The zero-order valence-electron chi connectivity index (χ0n) is 12.0. The van der Waals surface area contributed by atoms with E-state index in [1.165, 1.54) is 16.7 Å². The molecule has 0 aliphatic rings. The number of hydrogen-bond acceptors (Lipinski definition) is 1. The van der Waals surface area contributed by atoms with Crippen LogP contribution < -0.4 is 0 Å². The minimum Gasteiger partial charge on any atom is -0.507 e. The molecule has 0 heterocycles. The molecule has 19 heavy (non-hydrogen) atoms. The Hall–Kier alpha value is -1.76. The zero-order chi connectivity index (χ0) is 13.8. The second-order valence-corrected chi connectivity index (χ2v) is 4.90. The molecule has 1 nitrogen and oxygen atoms in total. The number of aromatic hydroxyl groups is 1. The largest absolute Gasteiger partial charge is 0.507 e. The molecule has 0 saturated heterocycles. The lowest BCUT2D eigenvalue weighted by Gasteiger charge is -2.12. The average molecular weight is 254 g/mol. The molecule has 100 valence electrons. The van der Waals surface area contributed by atoms with Crippen LogP contribution in [0.3, 0.4) is 0 Å². The fourth-order valence-corrected chi connectivity index (χ4v) is 2.49. The van der Waals surface area contributed by atoms with E-state index in [2.05, 4.69) is 51.1 Å². The summed E-state index contributed by atoms with van der Waals surface area (Å²) in [6.07, 6.45) is 3.01. The quantitative estimate of drug-likeness (QED) is 0.835. The van der Waals surface area contributed by atoms with Gasteiger partial charge in [-0.1, -0.05) is 45.0 Å². The fourth-order valence-electron chi connectivity index (χ4n) is 2.49. The fraction of sp³-hybridized carbons (Fsp3) is 0.333. The van der Waals surface area contributed by atoms with Crippen LogP contribution in [0.5, 0.6) is 5.75 Å². The molecule has 2 aromatic rings. The van der Waals surface area contributed by atoms with Gasteiger partial charge < -0.3 is 5.11 Å². The van der Waals surface area contributed by atoms with Gasteiger partial charge in [0.1, 0.15) is 5.75 Å². The van der Waals surface area contributed by atoms with Crippen LogP contribution in [-0.2, 0) is 19.3 Å². The van der Waals surface area contributed by atoms with Gasteiger partial charge >= 0.3 is 0 Å². The summed E-state index contributed by atoms with van der Waals surface area (Å²) in [5.41, 5.74) is 5.93. The number of hydrogen-bond donors (Lipinski definition) is 1. The minimum absolute atomic E-state index is 0.387. The first-order valence-corrected chi connectivity index (χ1v) is 7.13. The standard InChI is InChI=1S/C18H22O/c1-4-13-7-9-16(10-8-13)17-11-14(5-2)15(6-3)12-18(17)19/h7-12,19H,4-6H2,1-3H3. The highest BCUT2D eigenvalue weighted by atomic mass is 16.3. The van der Waals surface area contributed by atoms with E-state index in [0.29, 0.717) is 5.75 Å². The molecule has 0 bridgehead atoms. The third kappa shape index (κ3) is 2.81. The average Bonchev–Trinajstić information content (AvgIpc) is 2.47. The maximum atomic E-state index is 10.2. The van der Waals surface area contributed by atoms with Gasteiger partial charge in [0.05, 0.1) is 0 Å². The van der Waals surface area contributed by atoms with Gasteiger partial charge in [-0.15, -0.1) is 0 Å². The molecule has 0 aromatic heterocycles. The Bertz CT molecular complexity index is 553. The lowest BCUT2D eigenvalue weighted by Crippen LogP contribution is -1.93. The molecule has 0 atom stereocenters. The molecule has 2 rings (SSSR count). The second-order valence-electron chi connectivity index (χ2n) is 4.90. The molecule has 0 unspecified atom stereocenters. The third-order valence-electron chi connectivity index (χ3n) is 3.75. The van der Waals surface area contributed by atoms with Crippen molar-refractivity contribution in [3.8, 4) is 16.9 Å². The SMILES string of the molecule is CCc1ccc(-c2cc(CC)c(CC)cc2O)cc1. The topological polar surface area (TPSA) is 20.2 Å². The van der Waals surface area contributed by atoms with Gasteiger partial charge in [0.15, 0.2) is 0 Å². The minimum atomic E-state index is 0.387. The molecule has 0 fully saturated rings. The van der Waals surface area contributed by atoms with E-state index >= 15 is 0 Å². The van der Waals surface area contributed by atoms with Gasteiger partial charge in [-0.25, -0.2) is 0 Å². The number of phenols is 1. The summed E-state index contributed by atoms with van der Waals surface area (Å²) >= 11 is 0. The summed E-state index contributed by atoms with van der Waals surface area (Å²) in [5, 5.41) is 10.2. The van der Waals surface area contributed by atoms with Crippen molar-refractivity contribution in [3.63, 3.8) is 0 Å². The summed E-state index contributed by atoms with van der Waals surface area (Å²) in [7, 11) is 0. The van der Waals surface area contributed by atoms with Gasteiger partial charge in [-0.05, 0) is 53.6 Å². The van der Waals surface area contributed by atoms with Crippen LogP contribution in [0, 0.1) is 0 Å². The highest BCUT2D eigenvalue weighted by molar-refractivity contribution is 5.72. The van der Waals surface area contributed by atoms with Gasteiger partial charge in [0.2, 0.25) is 0 Å². The van der Waals surface area contributed by atoms with E-state index in [1.807, 2.05) is 6.07 Å². The van der Waals surface area contributed by atoms with Crippen LogP contribution in [0.2, 0.25) is 0 Å². The molecule has 2 aromatic carbocycles. The molecule has 0 radical (unpaired) electrons. The van der Waals surface area contributed by atoms with Crippen molar-refractivity contribution >= 4 is 0 Å². The lowest BCUT2D eigenvalue weighted by molar-refractivity contribution is 0.476. The van der Waals surface area contributed by atoms with Crippen molar-refractivity contribution in [2.75, 3.05) is 0 Å². The summed E-state index contributed by atoms with van der Waals surface area (Å²) in [5.74, 6) is 0.387. The highest BCUT2D eigenvalue weighted by Gasteiger charge is 2.09. The molecular weight excluding hydrogens is 232 g/mol. The van der Waals surface area contributed by atoms with E-state index in [9.17, 15) is 5.11 Å². The lowest BCUT2D eigenvalue weighted by atomic mass is 9.95. The van der Waals surface area contributed by atoms with E-state index in [-0.39, 0.29) is 0 Å². The van der Waals surface area contributed by atoms with Crippen molar-refractivity contribution in [2.45, 2.75) is 40.0 Å². The number of phenolic OH excluding ortho intramolecular Hbond substituents is 1. The van der Waals surface area contributed by atoms with Crippen LogP contribution in [0.4, 0.5) is 0 Å². The molecular formula is C18H22O. The van der Waals surface area contributed by atoms with Gasteiger partial charge in [0.25, 0.3) is 0 Å². The maximum absolute atomic E-state index is 10.2. The van der Waals surface area contributed by atoms with Gasteiger partial charge in [-0.2, -0.15) is 0 Å². The highest BCUT2D eigenvalue weighted by Crippen LogP contribution is 2.32. The molecule has 1 heteroatoms. The summed E-state index contributed by atoms with van der Waals surface area (Å²) in [4.78, 5) is 0. The van der Waals surface area contributed by atoms with Crippen LogP contribution in [-0.4, -0.2) is 5.11 Å². The van der Waals surface area contributed by atoms with Crippen LogP contribution in [0.15, 0.2) is 36.4 Å². The Morgan fingerprint density at radius 2 is 1.37 bits per heavy atom. The molecule has 0 spiro atoms. The van der Waals surface area contributed by atoms with E-state index in [1.54, 1.807) is 0 Å². The third-order valence-corrected chi connectivity index (χ3v) is 3.75. The second kappa shape index (κ2) is 5.92. The van der Waals surface area contributed by atoms with Crippen LogP contribution in [0.1, 0.15) is 37.5 Å². The van der Waals surface area contributed by atoms with Crippen molar-refractivity contribution in [3.05, 3.63) is 53.1 Å². The maximum Gasteiger partial charge on any atom is 0.123 e. The monoisotopic (exact) mass is 254 g/mol. The Labute approximate surface area is 115 Å². The summed E-state index contributed by atoms with van der Waals surface area (Å²) in [6, 6.07) is 12.5. The molecule has 0 saturated carbocycles. The molecule has 0 aliphatic carbocycles. The number of benzene rings is 2. The Kier molecular flexibility index (Phi) is 4.26. The Morgan fingerprint density at radius 1 is 0.789 bits per heavy atom. The van der Waals surface area contributed by atoms with Crippen molar-refractivity contribution in [2.24, 2.45) is 0 Å². The summed E-state index contributed by atoms with van der Waals surface area (Å²) in [6.45, 7) is 6.44. The van der Waals surface area contributed by atoms with E-state index in [4.69, 9.17) is 0 Å². The van der Waals surface area contributed by atoms with Gasteiger partial charge in [-0.3, -0.25) is 0 Å². The van der Waals surface area contributed by atoms with Crippen LogP contribution in [0.25, 0.3) is 11.1 Å². The molecule has 1 N–H and O–H groups in total. The Morgan fingerprint density at radius 3 is 1.89 bits per heavy atom. The van der Waals surface area contributed by atoms with Crippen molar-refractivity contribution < 1.29 is 5.11 Å². The predicted molar refractivity (Wildman–Crippen MR) is 81.7 cm³/mol. The first-order valence-electron chi connectivity index (χ1n) is 7.13. The number of rotatable bonds is 4. The van der Waals surface area contributed by atoms with Gasteiger partial charge in [0, 0.05) is 5.56 Å². The molecule has 0 aliphatic heterocycles. The van der Waals surface area contributed by atoms with E-state index < -0.39 is 0 Å². The van der Waals surface area contributed by atoms with Crippen LogP contribution >= 0.6 is 0 Å². The molecule has 0 amide bonds.